The molecule has 0 aromatic heterocycles. The topological polar surface area (TPSA) is 237 Å². The molecule has 5 atom stereocenters. The van der Waals surface area contributed by atoms with Crippen LogP contribution < -0.4 is 0 Å². The fourth-order valence-electron chi connectivity index (χ4n) is 10.2. The largest absolute Gasteiger partial charge is 0.472 e. The standard InChI is InChI=1S/C89H144O17P2/c1-5-9-13-17-21-25-29-33-37-39-41-43-47-50-54-58-62-66-70-74-87(92)100-80-85(106-89(94)76-72-68-64-60-56-52-48-44-42-40-38-34-30-26-22-18-14-10-6-2)82-104-108(97,98)102-78-83(90)77-101-107(95,96)103-81-84(105-88(93)75-71-67-63-59-55-51-46-36-32-28-24-20-16-12-8-4)79-99-86(91)73-69-65-61-57-53-49-45-35-31-27-23-19-15-11-7-3/h9,11-13,15-16,21-28,33-38,41-46,53,57,65,69,83-85,90H,5-8,10,14,17-20,29-32,39-40,47-52,54-56,58-64,66-68,70-82H2,1-4H3,(H,95,96)(H,97,98)/b13-9-,15-11-,16-12-,25-21-,26-22-,27-23-,28-24-,37-33-,38-34-,43-41-,44-42-,45-35-,46-36-,57-53-,69-65-. The number of allylic oxidation sites excluding steroid dienone is 29. The molecule has 19 heteroatoms. The van der Waals surface area contributed by atoms with E-state index in [1.54, 1.807) is 6.08 Å². The van der Waals surface area contributed by atoms with Gasteiger partial charge in [0, 0.05) is 19.3 Å². The van der Waals surface area contributed by atoms with Gasteiger partial charge in [0.1, 0.15) is 19.3 Å². The molecule has 108 heavy (non-hydrogen) atoms. The molecule has 0 aromatic carbocycles. The Kier molecular flexibility index (Phi) is 75.0. The fourth-order valence-corrected chi connectivity index (χ4v) is 11.8. The van der Waals surface area contributed by atoms with Crippen molar-refractivity contribution in [3.63, 3.8) is 0 Å². The van der Waals surface area contributed by atoms with E-state index < -0.39 is 97.5 Å². The van der Waals surface area contributed by atoms with Gasteiger partial charge in [0.15, 0.2) is 12.2 Å². The number of carbonyl (C=O) groups excluding carboxylic acids is 4. The van der Waals surface area contributed by atoms with Crippen molar-refractivity contribution in [2.75, 3.05) is 39.6 Å². The number of carbonyl (C=O) groups is 4. The van der Waals surface area contributed by atoms with Crippen LogP contribution in [-0.2, 0) is 65.4 Å². The summed E-state index contributed by atoms with van der Waals surface area (Å²) in [5.41, 5.74) is 0. The lowest BCUT2D eigenvalue weighted by Crippen LogP contribution is -2.30. The average Bonchev–Trinajstić information content (AvgIpc) is 0.899. The van der Waals surface area contributed by atoms with Gasteiger partial charge in [-0.2, -0.15) is 0 Å². The zero-order chi connectivity index (χ0) is 78.9. The highest BCUT2D eigenvalue weighted by atomic mass is 31.2. The first kappa shape index (κ1) is 102. The highest BCUT2D eigenvalue weighted by molar-refractivity contribution is 7.47. The van der Waals surface area contributed by atoms with Crippen LogP contribution in [-0.4, -0.2) is 96.7 Å². The molecule has 0 amide bonds. The first-order chi connectivity index (χ1) is 52.7. The van der Waals surface area contributed by atoms with E-state index in [9.17, 15) is 43.2 Å². The highest BCUT2D eigenvalue weighted by Gasteiger charge is 2.30. The first-order valence-electron chi connectivity index (χ1n) is 41.0. The van der Waals surface area contributed by atoms with Crippen LogP contribution in [0, 0.1) is 0 Å². The van der Waals surface area contributed by atoms with Crippen LogP contribution >= 0.6 is 15.6 Å². The van der Waals surface area contributed by atoms with Crippen molar-refractivity contribution in [1.82, 2.24) is 0 Å². The highest BCUT2D eigenvalue weighted by Crippen LogP contribution is 2.45. The summed E-state index contributed by atoms with van der Waals surface area (Å²) >= 11 is 0. The number of hydrogen-bond acceptors (Lipinski definition) is 15. The molecule has 0 bridgehead atoms. The Balaban J connectivity index is 5.49. The summed E-state index contributed by atoms with van der Waals surface area (Å²) in [6, 6.07) is 0. The quantitative estimate of drug-likeness (QED) is 0.0169. The Morgan fingerprint density at radius 1 is 0.278 bits per heavy atom. The summed E-state index contributed by atoms with van der Waals surface area (Å²) in [6.07, 6.45) is 96.0. The van der Waals surface area contributed by atoms with Gasteiger partial charge in [-0.15, -0.1) is 0 Å². The van der Waals surface area contributed by atoms with Crippen LogP contribution in [0.3, 0.4) is 0 Å². The number of phosphoric acid groups is 2. The van der Waals surface area contributed by atoms with E-state index in [0.29, 0.717) is 25.7 Å². The molecule has 0 aliphatic rings. The zero-order valence-electron chi connectivity index (χ0n) is 66.9. The molecule has 3 N–H and O–H groups in total. The predicted octanol–water partition coefficient (Wildman–Crippen LogP) is 24.3. The minimum absolute atomic E-state index is 0.0491. The smallest absolute Gasteiger partial charge is 0.462 e. The number of rotatable bonds is 75. The molecule has 0 aromatic rings. The Morgan fingerprint density at radius 2 is 0.519 bits per heavy atom. The number of unbranched alkanes of at least 4 members (excludes halogenated alkanes) is 20. The zero-order valence-corrected chi connectivity index (χ0v) is 68.7. The molecule has 17 nitrogen and oxygen atoms in total. The summed E-state index contributed by atoms with van der Waals surface area (Å²) in [5, 5.41) is 10.7. The second kappa shape index (κ2) is 79.3. The molecule has 0 aliphatic carbocycles. The van der Waals surface area contributed by atoms with E-state index in [4.69, 9.17) is 37.0 Å². The van der Waals surface area contributed by atoms with E-state index in [-0.39, 0.29) is 25.7 Å². The number of hydrogen-bond donors (Lipinski definition) is 3. The van der Waals surface area contributed by atoms with Crippen LogP contribution in [0.4, 0.5) is 0 Å². The van der Waals surface area contributed by atoms with Gasteiger partial charge in [-0.1, -0.05) is 293 Å². The van der Waals surface area contributed by atoms with E-state index >= 15 is 0 Å². The summed E-state index contributed by atoms with van der Waals surface area (Å²) < 4.78 is 68.6. The molecule has 0 rings (SSSR count). The molecule has 0 spiro atoms. The van der Waals surface area contributed by atoms with Crippen LogP contribution in [0.1, 0.15) is 297 Å². The summed E-state index contributed by atoms with van der Waals surface area (Å²) in [5.74, 6) is -2.38. The second-order valence-corrected chi connectivity index (χ2v) is 29.5. The van der Waals surface area contributed by atoms with Crippen molar-refractivity contribution in [3.05, 3.63) is 182 Å². The van der Waals surface area contributed by atoms with E-state index in [1.165, 1.54) is 19.3 Å². The molecule has 0 fully saturated rings. The summed E-state index contributed by atoms with van der Waals surface area (Å²) in [6.45, 7) is 4.34. The molecule has 612 valence electrons. The van der Waals surface area contributed by atoms with E-state index in [1.807, 2.05) is 18.2 Å². The van der Waals surface area contributed by atoms with E-state index in [0.717, 1.165) is 199 Å². The Morgan fingerprint density at radius 3 is 0.824 bits per heavy atom. The second-order valence-electron chi connectivity index (χ2n) is 26.6. The van der Waals surface area contributed by atoms with Crippen molar-refractivity contribution in [3.8, 4) is 0 Å². The SMILES string of the molecule is CC/C=C\C/C=C\C/C=C\C/C=C\C/C=C\CC(=O)OCC(COP(=O)(O)OCC(O)COP(=O)(O)OCC(COC(=O)CCCCCCCC/C=C\C/C=C\C/C=C\C/C=C\CC)OC(=O)CCCCCCCC/C=C\C/C=C\C/C=C\CCCCC)OC(=O)CCCCCCC/C=C\C/C=C\C/C=C\CC. The van der Waals surface area contributed by atoms with E-state index in [2.05, 4.69) is 186 Å². The third kappa shape index (κ3) is 78.3. The van der Waals surface area contributed by atoms with Crippen molar-refractivity contribution < 1.29 is 80.2 Å². The molecule has 0 aliphatic heterocycles. The lowest BCUT2D eigenvalue weighted by molar-refractivity contribution is -0.161. The minimum atomic E-state index is -5.01. The third-order valence-electron chi connectivity index (χ3n) is 16.4. The number of aliphatic hydroxyl groups excluding tert-OH is 1. The first-order valence-corrected chi connectivity index (χ1v) is 44.0. The van der Waals surface area contributed by atoms with Gasteiger partial charge < -0.3 is 33.8 Å². The average molecular weight is 1550 g/mol. The predicted molar refractivity (Wildman–Crippen MR) is 445 cm³/mol. The molecule has 0 radical (unpaired) electrons. The van der Waals surface area contributed by atoms with Gasteiger partial charge in [-0.25, -0.2) is 9.13 Å². The van der Waals surface area contributed by atoms with Gasteiger partial charge in [-0.3, -0.25) is 37.3 Å². The van der Waals surface area contributed by atoms with Crippen LogP contribution in [0.25, 0.3) is 0 Å². The maximum absolute atomic E-state index is 13.1. The monoisotopic (exact) mass is 1550 g/mol. The maximum atomic E-state index is 13.1. The molecule has 5 unspecified atom stereocenters. The Bertz CT molecular complexity index is 2760. The molecule has 0 saturated carbocycles. The minimum Gasteiger partial charge on any atom is -0.462 e. The number of esters is 4. The van der Waals surface area contributed by atoms with Crippen molar-refractivity contribution in [2.45, 2.75) is 316 Å². The number of aliphatic hydroxyl groups is 1. The Hall–Kier alpha value is -5.84. The van der Waals surface area contributed by atoms with Crippen molar-refractivity contribution in [1.29, 1.82) is 0 Å². The van der Waals surface area contributed by atoms with Gasteiger partial charge in [-0.05, 0) is 161 Å². The number of ether oxygens (including phenoxy) is 4. The number of phosphoric ester groups is 2. The Labute approximate surface area is 654 Å². The maximum Gasteiger partial charge on any atom is 0.472 e. The van der Waals surface area contributed by atoms with Crippen LogP contribution in [0.2, 0.25) is 0 Å². The van der Waals surface area contributed by atoms with Crippen LogP contribution in [0.5, 0.6) is 0 Å². The van der Waals surface area contributed by atoms with Crippen molar-refractivity contribution >= 4 is 39.5 Å². The molecular weight excluding hydrogens is 1400 g/mol. The normalized spacial score (nSPS) is 14.8. The van der Waals surface area contributed by atoms with Crippen LogP contribution in [0.15, 0.2) is 182 Å². The van der Waals surface area contributed by atoms with Crippen molar-refractivity contribution in [2.24, 2.45) is 0 Å². The third-order valence-corrected chi connectivity index (χ3v) is 18.3. The van der Waals surface area contributed by atoms with Gasteiger partial charge in [0.25, 0.3) is 0 Å². The molecule has 0 saturated heterocycles. The lowest BCUT2D eigenvalue weighted by atomic mass is 10.1. The van der Waals surface area contributed by atoms with Gasteiger partial charge >= 0.3 is 39.5 Å². The lowest BCUT2D eigenvalue weighted by Gasteiger charge is -2.21. The van der Waals surface area contributed by atoms with Gasteiger partial charge in [0.05, 0.1) is 32.8 Å². The molecule has 0 heterocycles. The summed E-state index contributed by atoms with van der Waals surface area (Å²) in [4.78, 5) is 73.1. The fraction of sp³-hybridized carbons (Fsp3) is 0.618. The van der Waals surface area contributed by atoms with Gasteiger partial charge in [0.2, 0.25) is 0 Å². The molecular formula is C89H144O17P2. The summed E-state index contributed by atoms with van der Waals surface area (Å²) in [7, 11) is -10.0.